The second-order valence-corrected chi connectivity index (χ2v) is 5.21. The van der Waals surface area contributed by atoms with Gasteiger partial charge in [-0.1, -0.05) is 0 Å². The standard InChI is InChI=1S/C14H19N3O2/c18-14(10-3-5-15-6-4-10)17-12-9-16-8-11-2-1-7-19-13(11)12/h3-6,11-13,16H,1-2,7-9H2,(H,17,18)/t11-,12+,13-/m0/s1. The first kappa shape index (κ1) is 12.6. The molecule has 3 atom stereocenters. The molecule has 102 valence electrons. The van der Waals surface area contributed by atoms with Crippen LogP contribution in [0.1, 0.15) is 23.2 Å². The molecule has 5 nitrogen and oxygen atoms in total. The van der Waals surface area contributed by atoms with E-state index in [0.29, 0.717) is 11.5 Å². The zero-order chi connectivity index (χ0) is 13.1. The zero-order valence-electron chi connectivity index (χ0n) is 10.8. The number of carbonyl (C=O) groups is 1. The molecule has 1 aromatic heterocycles. The van der Waals surface area contributed by atoms with Gasteiger partial charge in [-0.05, 0) is 30.9 Å². The summed E-state index contributed by atoms with van der Waals surface area (Å²) in [4.78, 5) is 16.1. The van der Waals surface area contributed by atoms with E-state index in [1.807, 2.05) is 0 Å². The molecule has 0 spiro atoms. The number of nitrogens with zero attached hydrogens (tertiary/aromatic N) is 1. The smallest absolute Gasteiger partial charge is 0.251 e. The lowest BCUT2D eigenvalue weighted by Gasteiger charge is -2.41. The quantitative estimate of drug-likeness (QED) is 0.817. The number of aromatic nitrogens is 1. The lowest BCUT2D eigenvalue weighted by Crippen LogP contribution is -2.60. The van der Waals surface area contributed by atoms with Crippen molar-refractivity contribution in [1.82, 2.24) is 15.6 Å². The molecule has 0 saturated carbocycles. The molecular weight excluding hydrogens is 242 g/mol. The first-order valence-corrected chi connectivity index (χ1v) is 6.88. The molecule has 0 bridgehead atoms. The van der Waals surface area contributed by atoms with Gasteiger partial charge in [0.25, 0.3) is 5.91 Å². The molecule has 0 radical (unpaired) electrons. The second-order valence-electron chi connectivity index (χ2n) is 5.21. The third-order valence-electron chi connectivity index (χ3n) is 3.92. The van der Waals surface area contributed by atoms with Crippen molar-refractivity contribution in [3.8, 4) is 0 Å². The Hall–Kier alpha value is -1.46. The number of carbonyl (C=O) groups excluding carboxylic acids is 1. The van der Waals surface area contributed by atoms with Gasteiger partial charge in [-0.2, -0.15) is 0 Å². The Morgan fingerprint density at radius 1 is 1.37 bits per heavy atom. The number of pyridine rings is 1. The van der Waals surface area contributed by atoms with Crippen LogP contribution in [-0.4, -0.2) is 42.7 Å². The first-order chi connectivity index (χ1) is 9.34. The van der Waals surface area contributed by atoms with Crippen LogP contribution < -0.4 is 10.6 Å². The highest BCUT2D eigenvalue weighted by molar-refractivity contribution is 5.94. The van der Waals surface area contributed by atoms with E-state index in [2.05, 4.69) is 15.6 Å². The van der Waals surface area contributed by atoms with Crippen LogP contribution in [-0.2, 0) is 4.74 Å². The Morgan fingerprint density at radius 3 is 3.05 bits per heavy atom. The highest BCUT2D eigenvalue weighted by atomic mass is 16.5. The molecule has 0 aliphatic carbocycles. The summed E-state index contributed by atoms with van der Waals surface area (Å²) in [6, 6.07) is 3.51. The number of fused-ring (bicyclic) bond motifs is 1. The average molecular weight is 261 g/mol. The third kappa shape index (κ3) is 2.77. The maximum Gasteiger partial charge on any atom is 0.251 e. The minimum atomic E-state index is -0.0518. The fraction of sp³-hybridized carbons (Fsp3) is 0.571. The van der Waals surface area contributed by atoms with E-state index in [4.69, 9.17) is 4.74 Å². The van der Waals surface area contributed by atoms with E-state index in [-0.39, 0.29) is 18.1 Å². The molecule has 2 aliphatic heterocycles. The Morgan fingerprint density at radius 2 is 2.21 bits per heavy atom. The number of piperidine rings is 1. The molecule has 5 heteroatoms. The molecule has 2 N–H and O–H groups in total. The molecule has 2 aliphatic rings. The predicted octanol–water partition coefficient (Wildman–Crippen LogP) is 0.578. The van der Waals surface area contributed by atoms with E-state index in [9.17, 15) is 4.79 Å². The highest BCUT2D eigenvalue weighted by Gasteiger charge is 2.36. The van der Waals surface area contributed by atoms with E-state index in [1.54, 1.807) is 24.5 Å². The summed E-state index contributed by atoms with van der Waals surface area (Å²) >= 11 is 0. The minimum Gasteiger partial charge on any atom is -0.376 e. The Balaban J connectivity index is 1.66. The van der Waals surface area contributed by atoms with Crippen molar-refractivity contribution in [1.29, 1.82) is 0 Å². The van der Waals surface area contributed by atoms with Crippen molar-refractivity contribution in [2.75, 3.05) is 19.7 Å². The van der Waals surface area contributed by atoms with Crippen LogP contribution in [0.25, 0.3) is 0 Å². The maximum atomic E-state index is 12.2. The van der Waals surface area contributed by atoms with Crippen LogP contribution in [0.4, 0.5) is 0 Å². The van der Waals surface area contributed by atoms with Crippen molar-refractivity contribution in [3.63, 3.8) is 0 Å². The van der Waals surface area contributed by atoms with Crippen molar-refractivity contribution < 1.29 is 9.53 Å². The van der Waals surface area contributed by atoms with Crippen LogP contribution in [0.15, 0.2) is 24.5 Å². The molecule has 1 aromatic rings. The normalized spacial score (nSPS) is 30.4. The van der Waals surface area contributed by atoms with Crippen LogP contribution >= 0.6 is 0 Å². The van der Waals surface area contributed by atoms with E-state index in [0.717, 1.165) is 26.1 Å². The summed E-state index contributed by atoms with van der Waals surface area (Å²) in [7, 11) is 0. The molecule has 3 rings (SSSR count). The van der Waals surface area contributed by atoms with Gasteiger partial charge in [-0.25, -0.2) is 0 Å². The predicted molar refractivity (Wildman–Crippen MR) is 70.8 cm³/mol. The fourth-order valence-electron chi connectivity index (χ4n) is 2.96. The fourth-order valence-corrected chi connectivity index (χ4v) is 2.96. The number of hydrogen-bond acceptors (Lipinski definition) is 4. The number of hydrogen-bond donors (Lipinski definition) is 2. The summed E-state index contributed by atoms with van der Waals surface area (Å²) in [6.45, 7) is 2.58. The minimum absolute atomic E-state index is 0.0518. The van der Waals surface area contributed by atoms with Crippen LogP contribution in [0, 0.1) is 5.92 Å². The van der Waals surface area contributed by atoms with Gasteiger partial charge in [0.2, 0.25) is 0 Å². The summed E-state index contributed by atoms with van der Waals surface area (Å²) in [5.41, 5.74) is 0.646. The summed E-state index contributed by atoms with van der Waals surface area (Å²) in [5.74, 6) is 0.467. The summed E-state index contributed by atoms with van der Waals surface area (Å²) in [6.07, 6.45) is 5.72. The van der Waals surface area contributed by atoms with Gasteiger partial charge in [0.15, 0.2) is 0 Å². The van der Waals surface area contributed by atoms with Crippen molar-refractivity contribution >= 4 is 5.91 Å². The Labute approximate surface area is 112 Å². The molecule has 2 fully saturated rings. The average Bonchev–Trinajstić information content (AvgIpc) is 2.48. The van der Waals surface area contributed by atoms with E-state index >= 15 is 0 Å². The zero-order valence-corrected chi connectivity index (χ0v) is 10.8. The molecule has 2 saturated heterocycles. The van der Waals surface area contributed by atoms with Crippen molar-refractivity contribution in [2.24, 2.45) is 5.92 Å². The monoisotopic (exact) mass is 261 g/mol. The van der Waals surface area contributed by atoms with Crippen molar-refractivity contribution in [3.05, 3.63) is 30.1 Å². The van der Waals surface area contributed by atoms with Crippen LogP contribution in [0.2, 0.25) is 0 Å². The molecular formula is C14H19N3O2. The van der Waals surface area contributed by atoms with Crippen molar-refractivity contribution in [2.45, 2.75) is 25.0 Å². The van der Waals surface area contributed by atoms with Gasteiger partial charge >= 0.3 is 0 Å². The van der Waals surface area contributed by atoms with Gasteiger partial charge in [-0.15, -0.1) is 0 Å². The Kier molecular flexibility index (Phi) is 3.75. The largest absolute Gasteiger partial charge is 0.376 e. The summed E-state index contributed by atoms with van der Waals surface area (Å²) in [5, 5.41) is 6.46. The third-order valence-corrected chi connectivity index (χ3v) is 3.92. The molecule has 0 unspecified atom stereocenters. The van der Waals surface area contributed by atoms with Gasteiger partial charge < -0.3 is 15.4 Å². The highest BCUT2D eigenvalue weighted by Crippen LogP contribution is 2.25. The SMILES string of the molecule is O=C(N[C@@H]1CNC[C@@H]2CCCO[C@@H]21)c1ccncc1. The number of nitrogens with one attached hydrogen (secondary N) is 2. The van der Waals surface area contributed by atoms with Gasteiger partial charge in [0.05, 0.1) is 12.1 Å². The number of rotatable bonds is 2. The summed E-state index contributed by atoms with van der Waals surface area (Å²) < 4.78 is 5.86. The topological polar surface area (TPSA) is 63.2 Å². The first-order valence-electron chi connectivity index (χ1n) is 6.88. The van der Waals surface area contributed by atoms with E-state index in [1.165, 1.54) is 6.42 Å². The van der Waals surface area contributed by atoms with Crippen LogP contribution in [0.5, 0.6) is 0 Å². The lowest BCUT2D eigenvalue weighted by atomic mass is 9.86. The lowest BCUT2D eigenvalue weighted by molar-refractivity contribution is -0.0573. The van der Waals surface area contributed by atoms with Gasteiger partial charge in [-0.3, -0.25) is 9.78 Å². The Bertz CT molecular complexity index is 436. The molecule has 1 amide bonds. The maximum absolute atomic E-state index is 12.2. The number of amides is 1. The van der Waals surface area contributed by atoms with Crippen LogP contribution in [0.3, 0.4) is 0 Å². The molecule has 3 heterocycles. The molecule has 19 heavy (non-hydrogen) atoms. The van der Waals surface area contributed by atoms with Gasteiger partial charge in [0, 0.05) is 37.7 Å². The van der Waals surface area contributed by atoms with E-state index < -0.39 is 0 Å². The second kappa shape index (κ2) is 5.67. The molecule has 0 aromatic carbocycles. The number of ether oxygens (including phenoxy) is 1. The van der Waals surface area contributed by atoms with Gasteiger partial charge in [0.1, 0.15) is 0 Å².